The monoisotopic (exact) mass is 333 g/mol. The molecule has 2 rings (SSSR count). The zero-order valence-electron chi connectivity index (χ0n) is 11.6. The van der Waals surface area contributed by atoms with Gasteiger partial charge in [0.1, 0.15) is 18.6 Å². The van der Waals surface area contributed by atoms with Crippen LogP contribution >= 0.6 is 22.9 Å². The van der Waals surface area contributed by atoms with Crippen molar-refractivity contribution in [2.24, 2.45) is 5.10 Å². The number of ether oxygens (including phenoxy) is 1. The molecule has 1 fully saturated rings. The van der Waals surface area contributed by atoms with Gasteiger partial charge in [-0.15, -0.1) is 11.3 Å². The average Bonchev–Trinajstić information content (AvgIpc) is 2.84. The van der Waals surface area contributed by atoms with Crippen LogP contribution in [0, 0.1) is 10.1 Å². The molecule has 8 nitrogen and oxygen atoms in total. The van der Waals surface area contributed by atoms with Crippen molar-refractivity contribution in [3.05, 3.63) is 25.7 Å². The Morgan fingerprint density at radius 2 is 2.33 bits per heavy atom. The van der Waals surface area contributed by atoms with E-state index in [1.54, 1.807) is 16.0 Å². The molecule has 0 unspecified atom stereocenters. The Hall–Kier alpha value is -1.45. The summed E-state index contributed by atoms with van der Waals surface area (Å²) in [5.74, 6) is 0.323. The smallest absolute Gasteiger partial charge is 0.277 e. The number of thiazole rings is 1. The highest BCUT2D eigenvalue weighted by molar-refractivity contribution is 7.15. The van der Waals surface area contributed by atoms with E-state index in [-0.39, 0.29) is 6.73 Å². The minimum Gasteiger partial charge on any atom is -0.341 e. The van der Waals surface area contributed by atoms with Gasteiger partial charge in [-0.05, 0) is 6.42 Å². The van der Waals surface area contributed by atoms with Crippen molar-refractivity contribution >= 4 is 28.9 Å². The highest BCUT2D eigenvalue weighted by Crippen LogP contribution is 2.21. The first kappa shape index (κ1) is 15.9. The van der Waals surface area contributed by atoms with Gasteiger partial charge < -0.3 is 14.5 Å². The van der Waals surface area contributed by atoms with Crippen LogP contribution in [0.3, 0.4) is 0 Å². The zero-order valence-corrected chi connectivity index (χ0v) is 13.1. The van der Waals surface area contributed by atoms with Crippen LogP contribution < -0.4 is 0 Å². The average molecular weight is 334 g/mol. The zero-order chi connectivity index (χ0) is 15.2. The van der Waals surface area contributed by atoms with E-state index < -0.39 is 5.03 Å². The van der Waals surface area contributed by atoms with Gasteiger partial charge in [-0.3, -0.25) is 0 Å². The number of hydrogen-bond acceptors (Lipinski definition) is 5. The molecule has 1 aliphatic heterocycles. The molecule has 0 saturated carbocycles. The van der Waals surface area contributed by atoms with Crippen LogP contribution in [-0.2, 0) is 11.3 Å². The summed E-state index contributed by atoms with van der Waals surface area (Å²) in [6.07, 6.45) is 3.56. The number of rotatable bonds is 6. The number of halogens is 1. The number of unbranched alkanes of at least 4 members (excludes halogenated alkanes) is 1. The third-order valence-electron chi connectivity index (χ3n) is 2.88. The summed E-state index contributed by atoms with van der Waals surface area (Å²) in [6.45, 7) is 3.73. The first-order chi connectivity index (χ1) is 10.1. The van der Waals surface area contributed by atoms with Gasteiger partial charge in [-0.25, -0.2) is 15.1 Å². The third kappa shape index (κ3) is 4.51. The molecule has 1 saturated heterocycles. The van der Waals surface area contributed by atoms with Gasteiger partial charge in [0.2, 0.25) is 0 Å². The maximum absolute atomic E-state index is 10.8. The number of guanidine groups is 1. The lowest BCUT2D eigenvalue weighted by Gasteiger charge is -2.36. The molecule has 0 atom stereocenters. The summed E-state index contributed by atoms with van der Waals surface area (Å²) in [4.78, 5) is 19.1. The predicted molar refractivity (Wildman–Crippen MR) is 79.5 cm³/mol. The summed E-state index contributed by atoms with van der Waals surface area (Å²) >= 11 is 7.14. The SMILES string of the molecule is CCCCN1COCN(Cc2cnc(Cl)s2)/C1=N\[N+](=O)[O-]. The second kappa shape index (κ2) is 7.53. The first-order valence-corrected chi connectivity index (χ1v) is 7.70. The van der Waals surface area contributed by atoms with E-state index in [0.29, 0.717) is 30.2 Å². The Morgan fingerprint density at radius 1 is 1.57 bits per heavy atom. The Kier molecular flexibility index (Phi) is 5.71. The molecule has 2 heterocycles. The maximum Gasteiger partial charge on any atom is 0.277 e. The van der Waals surface area contributed by atoms with Gasteiger partial charge in [0.15, 0.2) is 9.50 Å². The molecule has 21 heavy (non-hydrogen) atoms. The summed E-state index contributed by atoms with van der Waals surface area (Å²) < 4.78 is 5.93. The molecule has 0 spiro atoms. The topological polar surface area (TPSA) is 84.1 Å². The molecule has 0 aromatic carbocycles. The first-order valence-electron chi connectivity index (χ1n) is 6.51. The van der Waals surface area contributed by atoms with E-state index in [1.807, 2.05) is 0 Å². The van der Waals surface area contributed by atoms with Gasteiger partial charge >= 0.3 is 0 Å². The van der Waals surface area contributed by atoms with Crippen molar-refractivity contribution in [1.29, 1.82) is 0 Å². The molecule has 0 radical (unpaired) electrons. The second-order valence-electron chi connectivity index (χ2n) is 4.49. The predicted octanol–water partition coefficient (Wildman–Crippen LogP) is 2.19. The Balaban J connectivity index is 2.14. The van der Waals surface area contributed by atoms with Crippen molar-refractivity contribution in [2.45, 2.75) is 26.3 Å². The molecule has 0 bridgehead atoms. The molecule has 116 valence electrons. The fourth-order valence-electron chi connectivity index (χ4n) is 1.95. The van der Waals surface area contributed by atoms with Crippen LogP contribution in [0.1, 0.15) is 24.6 Å². The van der Waals surface area contributed by atoms with Crippen LogP contribution in [0.2, 0.25) is 4.47 Å². The number of nitrogens with zero attached hydrogens (tertiary/aromatic N) is 5. The lowest BCUT2D eigenvalue weighted by Crippen LogP contribution is -2.51. The fourth-order valence-corrected chi connectivity index (χ4v) is 2.94. The van der Waals surface area contributed by atoms with E-state index in [4.69, 9.17) is 16.3 Å². The number of aromatic nitrogens is 1. The maximum atomic E-state index is 10.8. The minimum absolute atomic E-state index is 0.255. The van der Waals surface area contributed by atoms with Crippen molar-refractivity contribution in [3.63, 3.8) is 0 Å². The van der Waals surface area contributed by atoms with Gasteiger partial charge in [0.25, 0.3) is 5.96 Å². The third-order valence-corrected chi connectivity index (χ3v) is 3.98. The van der Waals surface area contributed by atoms with Crippen LogP contribution in [0.5, 0.6) is 0 Å². The van der Waals surface area contributed by atoms with Gasteiger partial charge in [0, 0.05) is 17.6 Å². The quantitative estimate of drug-likeness (QED) is 0.586. The lowest BCUT2D eigenvalue weighted by molar-refractivity contribution is -0.486. The number of nitro groups is 1. The Morgan fingerprint density at radius 3 is 2.95 bits per heavy atom. The van der Waals surface area contributed by atoms with Crippen molar-refractivity contribution in [2.75, 3.05) is 20.0 Å². The molecule has 0 amide bonds. The van der Waals surface area contributed by atoms with E-state index in [0.717, 1.165) is 17.7 Å². The van der Waals surface area contributed by atoms with Gasteiger partial charge in [0.05, 0.1) is 6.54 Å². The van der Waals surface area contributed by atoms with E-state index in [2.05, 4.69) is 17.0 Å². The molecular formula is C11H16ClN5O3S. The summed E-state index contributed by atoms with van der Waals surface area (Å²) in [5, 5.41) is 13.6. The normalized spacial score (nSPS) is 17.5. The van der Waals surface area contributed by atoms with Crippen molar-refractivity contribution in [3.8, 4) is 0 Å². The van der Waals surface area contributed by atoms with Crippen LogP contribution in [-0.4, -0.2) is 45.8 Å². The fraction of sp³-hybridized carbons (Fsp3) is 0.636. The Labute approximate surface area is 131 Å². The van der Waals surface area contributed by atoms with Gasteiger partial charge in [-0.1, -0.05) is 24.9 Å². The summed E-state index contributed by atoms with van der Waals surface area (Å²) in [7, 11) is 0. The van der Waals surface area contributed by atoms with Crippen molar-refractivity contribution in [1.82, 2.24) is 14.8 Å². The van der Waals surface area contributed by atoms with E-state index in [1.165, 1.54) is 11.3 Å². The minimum atomic E-state index is -0.674. The Bertz CT molecular complexity index is 524. The van der Waals surface area contributed by atoms with Crippen LogP contribution in [0.4, 0.5) is 0 Å². The number of hydrogen-bond donors (Lipinski definition) is 0. The molecule has 0 N–H and O–H groups in total. The number of hydrazone groups is 1. The van der Waals surface area contributed by atoms with Crippen LogP contribution in [0.15, 0.2) is 11.3 Å². The largest absolute Gasteiger partial charge is 0.341 e. The highest BCUT2D eigenvalue weighted by atomic mass is 35.5. The van der Waals surface area contributed by atoms with Crippen molar-refractivity contribution < 1.29 is 9.77 Å². The second-order valence-corrected chi connectivity index (χ2v) is 6.19. The molecule has 1 aliphatic rings. The van der Waals surface area contributed by atoms with E-state index >= 15 is 0 Å². The van der Waals surface area contributed by atoms with Crippen LogP contribution in [0.25, 0.3) is 0 Å². The molecule has 1 aromatic rings. The molecule has 1 aromatic heterocycles. The van der Waals surface area contributed by atoms with E-state index in [9.17, 15) is 10.1 Å². The molecule has 0 aliphatic carbocycles. The molecular weight excluding hydrogens is 318 g/mol. The standard InChI is InChI=1S/C11H16ClN5O3S/c1-2-3-4-15-7-20-8-16(11(15)14-17(18)19)6-9-5-13-10(12)21-9/h5H,2-4,6-8H2,1H3/b14-11-. The summed E-state index contributed by atoms with van der Waals surface area (Å²) in [6, 6.07) is 0. The molecule has 10 heteroatoms. The van der Waals surface area contributed by atoms with Gasteiger partial charge in [-0.2, -0.15) is 0 Å². The lowest BCUT2D eigenvalue weighted by atomic mass is 10.3. The summed E-state index contributed by atoms with van der Waals surface area (Å²) in [5.41, 5.74) is 0. The highest BCUT2D eigenvalue weighted by Gasteiger charge is 2.27.